The molecule has 1 aliphatic heterocycles. The Morgan fingerprint density at radius 1 is 1.12 bits per heavy atom. The van der Waals surface area contributed by atoms with Crippen LogP contribution in [-0.2, 0) is 0 Å². The van der Waals surface area contributed by atoms with Crippen molar-refractivity contribution in [3.8, 4) is 0 Å². The molecule has 0 N–H and O–H groups in total. The summed E-state index contributed by atoms with van der Waals surface area (Å²) in [6.07, 6.45) is 12.7. The molecular weight excluding hydrogens is 296 g/mol. The van der Waals surface area contributed by atoms with Crippen LogP contribution in [0.1, 0.15) is 54.7 Å². The molecule has 1 saturated carbocycles. The summed E-state index contributed by atoms with van der Waals surface area (Å²) in [5.41, 5.74) is 2.19. The Kier molecular flexibility index (Phi) is 5.29. The lowest BCUT2D eigenvalue weighted by Gasteiger charge is -2.44. The van der Waals surface area contributed by atoms with Gasteiger partial charge in [-0.2, -0.15) is 0 Å². The van der Waals surface area contributed by atoms with E-state index in [1.807, 2.05) is 24.3 Å². The molecule has 3 heteroatoms. The minimum Gasteiger partial charge on any atom is -0.334 e. The number of likely N-dealkylation sites (tertiary alicyclic amines) is 1. The lowest BCUT2D eigenvalue weighted by molar-refractivity contribution is 0.0385. The number of carbonyl (C=O) groups excluding carboxylic acids is 1. The Morgan fingerprint density at radius 3 is 2.67 bits per heavy atom. The van der Waals surface area contributed by atoms with Crippen molar-refractivity contribution in [2.75, 3.05) is 6.54 Å². The van der Waals surface area contributed by atoms with Gasteiger partial charge in [-0.25, -0.2) is 4.98 Å². The van der Waals surface area contributed by atoms with Crippen LogP contribution in [0.2, 0.25) is 0 Å². The average molecular weight is 322 g/mol. The molecular formula is C21H26N2O. The van der Waals surface area contributed by atoms with Crippen molar-refractivity contribution in [3.63, 3.8) is 0 Å². The number of pyridine rings is 1. The van der Waals surface area contributed by atoms with Crippen molar-refractivity contribution >= 4 is 11.5 Å². The molecule has 1 amide bonds. The molecule has 0 radical (unpaired) electrons. The highest BCUT2D eigenvalue weighted by molar-refractivity contribution is 5.93. The molecule has 2 aliphatic rings. The van der Waals surface area contributed by atoms with Crippen molar-refractivity contribution in [2.45, 2.75) is 44.6 Å². The fourth-order valence-corrected chi connectivity index (χ4v) is 4.12. The van der Waals surface area contributed by atoms with Gasteiger partial charge in [-0.15, -0.1) is 0 Å². The minimum absolute atomic E-state index is 0.0791. The van der Waals surface area contributed by atoms with Gasteiger partial charge in [0, 0.05) is 12.6 Å². The van der Waals surface area contributed by atoms with Gasteiger partial charge in [-0.1, -0.05) is 50.3 Å². The molecule has 3 rings (SSSR count). The number of piperidine rings is 1. The summed E-state index contributed by atoms with van der Waals surface area (Å²) >= 11 is 0. The maximum Gasteiger partial charge on any atom is 0.272 e. The second-order valence-corrected chi connectivity index (χ2v) is 6.72. The highest BCUT2D eigenvalue weighted by atomic mass is 16.2. The summed E-state index contributed by atoms with van der Waals surface area (Å²) in [6, 6.07) is 6.05. The van der Waals surface area contributed by atoms with E-state index < -0.39 is 0 Å². The van der Waals surface area contributed by atoms with Crippen molar-refractivity contribution in [1.29, 1.82) is 0 Å². The van der Waals surface area contributed by atoms with E-state index in [4.69, 9.17) is 0 Å². The Labute approximate surface area is 144 Å². The standard InChI is InChI=1S/C21H26N2O/c1-3-9-16(4-2)18-12-7-13-19(22-18)21(24)23-15-8-11-17-10-5-6-14-20(17)23/h3-4,7,9,12-13,17,20H,1-2,5-6,8,10-11,14-15H2/b16-9+. The van der Waals surface area contributed by atoms with Crippen LogP contribution < -0.4 is 0 Å². The predicted molar refractivity (Wildman–Crippen MR) is 98.6 cm³/mol. The van der Waals surface area contributed by atoms with Gasteiger partial charge in [-0.3, -0.25) is 4.79 Å². The summed E-state index contributed by atoms with van der Waals surface area (Å²) in [7, 11) is 0. The second kappa shape index (κ2) is 7.61. The minimum atomic E-state index is 0.0791. The lowest BCUT2D eigenvalue weighted by Crippen LogP contribution is -2.49. The molecule has 0 bridgehead atoms. The molecule has 0 aromatic carbocycles. The van der Waals surface area contributed by atoms with Crippen molar-refractivity contribution in [1.82, 2.24) is 9.88 Å². The molecule has 0 spiro atoms. The molecule has 1 aliphatic carbocycles. The van der Waals surface area contributed by atoms with Gasteiger partial charge < -0.3 is 4.90 Å². The van der Waals surface area contributed by atoms with Gasteiger partial charge >= 0.3 is 0 Å². The second-order valence-electron chi connectivity index (χ2n) is 6.72. The van der Waals surface area contributed by atoms with Crippen molar-refractivity contribution < 1.29 is 4.79 Å². The first-order chi connectivity index (χ1) is 11.7. The molecule has 1 aromatic rings. The summed E-state index contributed by atoms with van der Waals surface area (Å²) in [5.74, 6) is 0.763. The quantitative estimate of drug-likeness (QED) is 0.757. The Balaban J connectivity index is 1.85. The molecule has 3 nitrogen and oxygen atoms in total. The van der Waals surface area contributed by atoms with E-state index in [2.05, 4.69) is 23.0 Å². The number of rotatable bonds is 4. The van der Waals surface area contributed by atoms with Crippen LogP contribution in [0.15, 0.2) is 49.6 Å². The third kappa shape index (κ3) is 3.35. The SMILES string of the molecule is C=C/C=C(\C=C)c1cccc(C(=O)N2CCCC3CCCCC32)n1. The molecule has 24 heavy (non-hydrogen) atoms. The smallest absolute Gasteiger partial charge is 0.272 e. The van der Waals surface area contributed by atoms with E-state index in [1.165, 1.54) is 25.7 Å². The van der Waals surface area contributed by atoms with Crippen LogP contribution in [-0.4, -0.2) is 28.4 Å². The first-order valence-electron chi connectivity index (χ1n) is 8.98. The van der Waals surface area contributed by atoms with Crippen LogP contribution in [0.4, 0.5) is 0 Å². The first-order valence-corrected chi connectivity index (χ1v) is 8.98. The first kappa shape index (κ1) is 16.7. The Morgan fingerprint density at radius 2 is 1.88 bits per heavy atom. The van der Waals surface area contributed by atoms with Gasteiger partial charge in [0.1, 0.15) is 5.69 Å². The Bertz CT molecular complexity index is 660. The largest absolute Gasteiger partial charge is 0.334 e. The van der Waals surface area contributed by atoms with Gasteiger partial charge in [0.25, 0.3) is 5.91 Å². The van der Waals surface area contributed by atoms with Crippen LogP contribution >= 0.6 is 0 Å². The Hall–Kier alpha value is -2.16. The van der Waals surface area contributed by atoms with Crippen LogP contribution in [0.5, 0.6) is 0 Å². The topological polar surface area (TPSA) is 33.2 Å². The average Bonchev–Trinajstić information content (AvgIpc) is 2.65. The van der Waals surface area contributed by atoms with Crippen LogP contribution in [0.25, 0.3) is 5.57 Å². The van der Waals surface area contributed by atoms with Gasteiger partial charge in [0.05, 0.1) is 5.69 Å². The zero-order valence-corrected chi connectivity index (χ0v) is 14.3. The van der Waals surface area contributed by atoms with E-state index in [-0.39, 0.29) is 5.91 Å². The molecule has 2 atom stereocenters. The zero-order chi connectivity index (χ0) is 16.9. The lowest BCUT2D eigenvalue weighted by atomic mass is 9.78. The number of allylic oxidation sites excluding steroid dienone is 4. The van der Waals surface area contributed by atoms with Crippen LogP contribution in [0.3, 0.4) is 0 Å². The van der Waals surface area contributed by atoms with Gasteiger partial charge in [0.15, 0.2) is 0 Å². The molecule has 126 valence electrons. The van der Waals surface area contributed by atoms with E-state index >= 15 is 0 Å². The van der Waals surface area contributed by atoms with Gasteiger partial charge in [0.2, 0.25) is 0 Å². The number of aromatic nitrogens is 1. The third-order valence-corrected chi connectivity index (χ3v) is 5.29. The van der Waals surface area contributed by atoms with Gasteiger partial charge in [-0.05, 0) is 49.3 Å². The summed E-state index contributed by atoms with van der Waals surface area (Å²) in [6.45, 7) is 8.41. The molecule has 1 aromatic heterocycles. The number of amides is 1. The van der Waals surface area contributed by atoms with E-state index in [9.17, 15) is 4.79 Å². The maximum absolute atomic E-state index is 13.1. The summed E-state index contributed by atoms with van der Waals surface area (Å²) in [5, 5.41) is 0. The normalized spacial score (nSPS) is 24.2. The fraction of sp³-hybridized carbons (Fsp3) is 0.429. The van der Waals surface area contributed by atoms with E-state index in [1.54, 1.807) is 12.2 Å². The predicted octanol–water partition coefficient (Wildman–Crippen LogP) is 4.63. The van der Waals surface area contributed by atoms with Crippen molar-refractivity contribution in [3.05, 3.63) is 61.0 Å². The van der Waals surface area contributed by atoms with Crippen molar-refractivity contribution in [2.24, 2.45) is 5.92 Å². The number of hydrogen-bond acceptors (Lipinski definition) is 2. The number of nitrogens with zero attached hydrogens (tertiary/aromatic N) is 2. The number of carbonyl (C=O) groups is 1. The molecule has 2 unspecified atom stereocenters. The highest BCUT2D eigenvalue weighted by Gasteiger charge is 2.36. The highest BCUT2D eigenvalue weighted by Crippen LogP contribution is 2.35. The zero-order valence-electron chi connectivity index (χ0n) is 14.3. The third-order valence-electron chi connectivity index (χ3n) is 5.29. The maximum atomic E-state index is 13.1. The number of fused-ring (bicyclic) bond motifs is 1. The van der Waals surface area contributed by atoms with E-state index in [0.717, 1.165) is 30.7 Å². The summed E-state index contributed by atoms with van der Waals surface area (Å²) in [4.78, 5) is 19.8. The number of hydrogen-bond donors (Lipinski definition) is 0. The molecule has 2 fully saturated rings. The molecule has 1 saturated heterocycles. The summed E-state index contributed by atoms with van der Waals surface area (Å²) < 4.78 is 0. The molecule has 2 heterocycles. The fourth-order valence-electron chi connectivity index (χ4n) is 4.12. The van der Waals surface area contributed by atoms with E-state index in [0.29, 0.717) is 17.7 Å². The monoisotopic (exact) mass is 322 g/mol. The van der Waals surface area contributed by atoms with Crippen LogP contribution in [0, 0.1) is 5.92 Å².